The van der Waals surface area contributed by atoms with Crippen molar-refractivity contribution in [1.29, 1.82) is 0 Å². The van der Waals surface area contributed by atoms with Gasteiger partial charge in [-0.05, 0) is 23.3 Å². The Morgan fingerprint density at radius 2 is 1.44 bits per heavy atom. The number of fused-ring (bicyclic) bond motifs is 2. The Balaban J connectivity index is 1.49. The number of carbonyl (C=O) groups excluding carboxylic acids is 1. The van der Waals surface area contributed by atoms with Gasteiger partial charge in [0.15, 0.2) is 0 Å². The molecule has 4 rings (SSSR count). The average molecular weight is 361 g/mol. The van der Waals surface area contributed by atoms with Crippen LogP contribution >= 0.6 is 0 Å². The summed E-state index contributed by atoms with van der Waals surface area (Å²) >= 11 is 0. The number of rotatable bonds is 6. The van der Waals surface area contributed by atoms with E-state index in [0.717, 1.165) is 32.9 Å². The molecule has 27 heavy (non-hydrogen) atoms. The number of aliphatic carboxylic acids is 1. The van der Waals surface area contributed by atoms with Crippen molar-refractivity contribution in [2.24, 2.45) is 0 Å². The zero-order valence-corrected chi connectivity index (χ0v) is 14.5. The lowest BCUT2D eigenvalue weighted by atomic mass is 10.0. The highest BCUT2D eigenvalue weighted by Crippen LogP contribution is 2.20. The summed E-state index contributed by atoms with van der Waals surface area (Å²) in [6, 6.07) is 14.4. The molecular formula is C21H19N3O3. The molecule has 0 spiro atoms. The fraction of sp³-hybridized carbons (Fsp3) is 0.143. The zero-order chi connectivity index (χ0) is 18.8. The number of amides is 1. The molecule has 0 radical (unpaired) electrons. The molecule has 0 aliphatic heterocycles. The quantitative estimate of drug-likeness (QED) is 0.425. The van der Waals surface area contributed by atoms with Gasteiger partial charge in [0.2, 0.25) is 5.91 Å². The molecule has 4 N–H and O–H groups in total. The van der Waals surface area contributed by atoms with E-state index in [0.29, 0.717) is 0 Å². The van der Waals surface area contributed by atoms with Crippen molar-refractivity contribution in [2.75, 3.05) is 0 Å². The predicted molar refractivity (Wildman–Crippen MR) is 104 cm³/mol. The Labute approximate surface area is 155 Å². The lowest BCUT2D eigenvalue weighted by molar-refractivity contribution is -0.141. The topological polar surface area (TPSA) is 98.0 Å². The van der Waals surface area contributed by atoms with Crippen LogP contribution in [-0.2, 0) is 22.4 Å². The van der Waals surface area contributed by atoms with Gasteiger partial charge in [0.05, 0.1) is 6.42 Å². The third kappa shape index (κ3) is 3.42. The maximum Gasteiger partial charge on any atom is 0.326 e. The summed E-state index contributed by atoms with van der Waals surface area (Å²) in [5.74, 6) is -1.36. The van der Waals surface area contributed by atoms with Crippen LogP contribution in [0.4, 0.5) is 0 Å². The summed E-state index contributed by atoms with van der Waals surface area (Å²) in [4.78, 5) is 30.4. The van der Waals surface area contributed by atoms with E-state index in [4.69, 9.17) is 0 Å². The van der Waals surface area contributed by atoms with Crippen LogP contribution < -0.4 is 5.32 Å². The van der Waals surface area contributed by atoms with Crippen LogP contribution in [0.3, 0.4) is 0 Å². The van der Waals surface area contributed by atoms with E-state index < -0.39 is 12.0 Å². The van der Waals surface area contributed by atoms with Crippen molar-refractivity contribution in [1.82, 2.24) is 15.3 Å². The van der Waals surface area contributed by atoms with E-state index in [-0.39, 0.29) is 18.7 Å². The third-order valence-electron chi connectivity index (χ3n) is 4.76. The monoisotopic (exact) mass is 361 g/mol. The van der Waals surface area contributed by atoms with Crippen LogP contribution in [0.2, 0.25) is 0 Å². The van der Waals surface area contributed by atoms with Crippen LogP contribution in [0, 0.1) is 0 Å². The first-order chi connectivity index (χ1) is 13.1. The molecule has 2 heterocycles. The van der Waals surface area contributed by atoms with Crippen LogP contribution in [0.1, 0.15) is 11.1 Å². The first-order valence-electron chi connectivity index (χ1n) is 8.74. The van der Waals surface area contributed by atoms with E-state index >= 15 is 0 Å². The minimum absolute atomic E-state index is 0.127. The molecule has 0 saturated heterocycles. The summed E-state index contributed by atoms with van der Waals surface area (Å²) in [5.41, 5.74) is 3.61. The largest absolute Gasteiger partial charge is 0.480 e. The summed E-state index contributed by atoms with van der Waals surface area (Å²) in [7, 11) is 0. The summed E-state index contributed by atoms with van der Waals surface area (Å²) in [6.07, 6.45) is 3.94. The molecule has 6 heteroatoms. The Morgan fingerprint density at radius 3 is 2.07 bits per heavy atom. The lowest BCUT2D eigenvalue weighted by Gasteiger charge is -2.14. The van der Waals surface area contributed by atoms with E-state index in [2.05, 4.69) is 15.3 Å². The number of carboxylic acids is 1. The maximum atomic E-state index is 12.5. The highest BCUT2D eigenvalue weighted by atomic mass is 16.4. The van der Waals surface area contributed by atoms with Crippen molar-refractivity contribution in [3.05, 3.63) is 72.1 Å². The van der Waals surface area contributed by atoms with Crippen molar-refractivity contribution in [3.8, 4) is 0 Å². The number of H-pyrrole nitrogens is 2. The summed E-state index contributed by atoms with van der Waals surface area (Å²) in [6.45, 7) is 0. The van der Waals surface area contributed by atoms with Crippen molar-refractivity contribution in [2.45, 2.75) is 18.9 Å². The molecule has 0 aliphatic rings. The van der Waals surface area contributed by atoms with E-state index in [9.17, 15) is 14.7 Å². The predicted octanol–water partition coefficient (Wildman–Crippen LogP) is 3.00. The number of carboxylic acid groups (broad SMARTS) is 1. The second-order valence-electron chi connectivity index (χ2n) is 6.56. The molecule has 0 saturated carbocycles. The van der Waals surface area contributed by atoms with Crippen molar-refractivity contribution >= 4 is 33.7 Å². The molecule has 6 nitrogen and oxygen atoms in total. The first kappa shape index (κ1) is 16.9. The fourth-order valence-corrected chi connectivity index (χ4v) is 3.42. The lowest BCUT2D eigenvalue weighted by Crippen LogP contribution is -2.43. The second kappa shape index (κ2) is 6.99. The molecule has 0 bridgehead atoms. The number of aromatic amines is 2. The van der Waals surface area contributed by atoms with Gasteiger partial charge < -0.3 is 20.4 Å². The average Bonchev–Trinajstić information content (AvgIpc) is 3.26. The van der Waals surface area contributed by atoms with Gasteiger partial charge in [-0.2, -0.15) is 0 Å². The molecule has 0 fully saturated rings. The van der Waals surface area contributed by atoms with Gasteiger partial charge in [-0.25, -0.2) is 4.79 Å². The Morgan fingerprint density at radius 1 is 0.889 bits per heavy atom. The smallest absolute Gasteiger partial charge is 0.326 e. The first-order valence-corrected chi connectivity index (χ1v) is 8.74. The normalized spacial score (nSPS) is 12.3. The Hall–Kier alpha value is -3.54. The number of benzene rings is 2. The van der Waals surface area contributed by atoms with Crippen molar-refractivity contribution in [3.63, 3.8) is 0 Å². The standard InChI is InChI=1S/C21H19N3O3/c25-20(10-14-12-23-18-8-4-2-6-16(14)18)24-19(21(26)27)9-13-11-22-17-7-3-1-5-15(13)17/h1-8,11-12,19,22-23H,9-10H2,(H,24,25)(H,26,27)/t19-/m0/s1. The highest BCUT2D eigenvalue weighted by Gasteiger charge is 2.22. The van der Waals surface area contributed by atoms with Gasteiger partial charge in [0, 0.05) is 40.6 Å². The number of aromatic nitrogens is 2. The molecular weight excluding hydrogens is 342 g/mol. The highest BCUT2D eigenvalue weighted by molar-refractivity contribution is 5.91. The molecule has 4 aromatic rings. The minimum atomic E-state index is -1.05. The Kier molecular flexibility index (Phi) is 4.38. The Bertz CT molecular complexity index is 1130. The number of hydrogen-bond donors (Lipinski definition) is 4. The third-order valence-corrected chi connectivity index (χ3v) is 4.76. The van der Waals surface area contributed by atoms with Crippen LogP contribution in [0.5, 0.6) is 0 Å². The molecule has 1 atom stereocenters. The van der Waals surface area contributed by atoms with Crippen LogP contribution in [0.15, 0.2) is 60.9 Å². The van der Waals surface area contributed by atoms with Gasteiger partial charge in [-0.3, -0.25) is 4.79 Å². The number of nitrogens with one attached hydrogen (secondary N) is 3. The molecule has 0 aliphatic carbocycles. The van der Waals surface area contributed by atoms with Crippen LogP contribution in [0.25, 0.3) is 21.8 Å². The second-order valence-corrected chi connectivity index (χ2v) is 6.56. The van der Waals surface area contributed by atoms with E-state index in [1.807, 2.05) is 48.5 Å². The minimum Gasteiger partial charge on any atom is -0.480 e. The molecule has 2 aromatic carbocycles. The van der Waals surface area contributed by atoms with Gasteiger partial charge in [-0.1, -0.05) is 36.4 Å². The summed E-state index contributed by atoms with van der Waals surface area (Å²) in [5, 5.41) is 14.2. The van der Waals surface area contributed by atoms with E-state index in [1.54, 1.807) is 12.4 Å². The van der Waals surface area contributed by atoms with Gasteiger partial charge in [0.25, 0.3) is 0 Å². The fourth-order valence-electron chi connectivity index (χ4n) is 3.42. The van der Waals surface area contributed by atoms with Gasteiger partial charge in [-0.15, -0.1) is 0 Å². The number of carbonyl (C=O) groups is 2. The number of hydrogen-bond acceptors (Lipinski definition) is 2. The SMILES string of the molecule is O=C(Cc1c[nH]c2ccccc12)N[C@@H](Cc1c[nH]c2ccccc12)C(=O)O. The number of para-hydroxylation sites is 2. The van der Waals surface area contributed by atoms with Crippen LogP contribution in [-0.4, -0.2) is 33.0 Å². The molecule has 0 unspecified atom stereocenters. The zero-order valence-electron chi connectivity index (χ0n) is 14.5. The molecule has 1 amide bonds. The maximum absolute atomic E-state index is 12.5. The summed E-state index contributed by atoms with van der Waals surface area (Å²) < 4.78 is 0. The van der Waals surface area contributed by atoms with Gasteiger partial charge >= 0.3 is 5.97 Å². The molecule has 136 valence electrons. The van der Waals surface area contributed by atoms with Gasteiger partial charge in [0.1, 0.15) is 6.04 Å². The van der Waals surface area contributed by atoms with Crippen molar-refractivity contribution < 1.29 is 14.7 Å². The molecule has 2 aromatic heterocycles. The van der Waals surface area contributed by atoms with E-state index in [1.165, 1.54) is 0 Å².